The molecule has 4 nitrogen and oxygen atoms in total. The van der Waals surface area contributed by atoms with Crippen LogP contribution >= 0.6 is 0 Å². The lowest BCUT2D eigenvalue weighted by molar-refractivity contribution is 0.630. The zero-order valence-electron chi connectivity index (χ0n) is 10.6. The van der Waals surface area contributed by atoms with E-state index < -0.39 is 6.04 Å². The van der Waals surface area contributed by atoms with Crippen LogP contribution in [0.4, 0.5) is 4.39 Å². The first kappa shape index (κ1) is 12.5. The van der Waals surface area contributed by atoms with E-state index in [0.29, 0.717) is 17.2 Å². The van der Waals surface area contributed by atoms with Crippen LogP contribution in [0.1, 0.15) is 17.4 Å². The van der Waals surface area contributed by atoms with Crippen molar-refractivity contribution >= 4 is 0 Å². The zero-order chi connectivity index (χ0) is 13.9. The molecule has 3 aromatic rings. The molecule has 0 bridgehead atoms. The van der Waals surface area contributed by atoms with Gasteiger partial charge in [-0.2, -0.15) is 5.10 Å². The number of nitrogens with two attached hydrogens (primary N) is 1. The van der Waals surface area contributed by atoms with Crippen molar-refractivity contribution in [2.24, 2.45) is 5.73 Å². The van der Waals surface area contributed by atoms with Crippen LogP contribution in [0.3, 0.4) is 0 Å². The lowest BCUT2D eigenvalue weighted by Gasteiger charge is -2.07. The van der Waals surface area contributed by atoms with E-state index >= 15 is 0 Å². The summed E-state index contributed by atoms with van der Waals surface area (Å²) in [7, 11) is 0. The Kier molecular flexibility index (Phi) is 3.26. The third-order valence-electron chi connectivity index (χ3n) is 3.07. The fourth-order valence-electron chi connectivity index (χ4n) is 1.99. The molecule has 1 atom stereocenters. The Morgan fingerprint density at radius 1 is 1.00 bits per heavy atom. The van der Waals surface area contributed by atoms with E-state index in [0.717, 1.165) is 5.56 Å². The molecule has 0 aliphatic rings. The molecule has 20 heavy (non-hydrogen) atoms. The van der Waals surface area contributed by atoms with E-state index in [4.69, 9.17) is 5.73 Å². The van der Waals surface area contributed by atoms with Gasteiger partial charge in [0.25, 0.3) is 0 Å². The zero-order valence-corrected chi connectivity index (χ0v) is 10.6. The maximum Gasteiger partial charge on any atom is 0.184 e. The monoisotopic (exact) mass is 268 g/mol. The number of benzene rings is 2. The normalized spacial score (nSPS) is 12.3. The Morgan fingerprint density at radius 2 is 1.70 bits per heavy atom. The summed E-state index contributed by atoms with van der Waals surface area (Å²) >= 11 is 0. The van der Waals surface area contributed by atoms with Crippen LogP contribution < -0.4 is 5.73 Å². The van der Waals surface area contributed by atoms with Crippen LogP contribution in [-0.4, -0.2) is 15.2 Å². The first-order valence-electron chi connectivity index (χ1n) is 6.23. The summed E-state index contributed by atoms with van der Waals surface area (Å²) in [6, 6.07) is 15.5. The van der Waals surface area contributed by atoms with Crippen molar-refractivity contribution in [3.05, 3.63) is 71.8 Å². The Bertz CT molecular complexity index is 709. The standard InChI is InChI=1S/C15H13FN4/c16-12-9-5-4-8-11(12)14-18-15(20-19-14)13(17)10-6-2-1-3-7-10/h1-9,13H,17H2,(H,18,19,20)/t13-/m0/s1. The summed E-state index contributed by atoms with van der Waals surface area (Å²) in [5, 5.41) is 6.81. The fourth-order valence-corrected chi connectivity index (χ4v) is 1.99. The average molecular weight is 268 g/mol. The van der Waals surface area contributed by atoms with E-state index in [1.54, 1.807) is 18.2 Å². The molecule has 3 rings (SSSR count). The summed E-state index contributed by atoms with van der Waals surface area (Å²) in [6.45, 7) is 0. The Hall–Kier alpha value is -2.53. The van der Waals surface area contributed by atoms with Gasteiger partial charge in [0.1, 0.15) is 11.6 Å². The van der Waals surface area contributed by atoms with Gasteiger partial charge in [-0.05, 0) is 17.7 Å². The van der Waals surface area contributed by atoms with Crippen LogP contribution in [0.2, 0.25) is 0 Å². The Morgan fingerprint density at radius 3 is 2.45 bits per heavy atom. The van der Waals surface area contributed by atoms with Gasteiger partial charge in [0.2, 0.25) is 0 Å². The second-order valence-electron chi connectivity index (χ2n) is 4.41. The van der Waals surface area contributed by atoms with Gasteiger partial charge < -0.3 is 5.73 Å². The van der Waals surface area contributed by atoms with Crippen molar-refractivity contribution in [1.82, 2.24) is 15.2 Å². The quantitative estimate of drug-likeness (QED) is 0.767. The van der Waals surface area contributed by atoms with Gasteiger partial charge in [0, 0.05) is 0 Å². The van der Waals surface area contributed by atoms with E-state index in [1.165, 1.54) is 6.07 Å². The van der Waals surface area contributed by atoms with Gasteiger partial charge in [0.15, 0.2) is 5.82 Å². The number of hydrogen-bond donors (Lipinski definition) is 2. The van der Waals surface area contributed by atoms with Crippen molar-refractivity contribution in [1.29, 1.82) is 0 Å². The van der Waals surface area contributed by atoms with Gasteiger partial charge in [-0.15, -0.1) is 0 Å². The summed E-state index contributed by atoms with van der Waals surface area (Å²) in [5.74, 6) is 0.463. The summed E-state index contributed by atoms with van der Waals surface area (Å²) in [4.78, 5) is 4.29. The second kappa shape index (κ2) is 5.22. The largest absolute Gasteiger partial charge is 0.318 e. The van der Waals surface area contributed by atoms with Crippen molar-refractivity contribution < 1.29 is 4.39 Å². The lowest BCUT2D eigenvalue weighted by Crippen LogP contribution is -2.13. The van der Waals surface area contributed by atoms with Crippen LogP contribution in [0.25, 0.3) is 11.4 Å². The molecule has 5 heteroatoms. The third-order valence-corrected chi connectivity index (χ3v) is 3.07. The first-order valence-corrected chi connectivity index (χ1v) is 6.23. The van der Waals surface area contributed by atoms with E-state index in [2.05, 4.69) is 15.2 Å². The average Bonchev–Trinajstić information content (AvgIpc) is 2.97. The van der Waals surface area contributed by atoms with Crippen molar-refractivity contribution in [2.75, 3.05) is 0 Å². The Balaban J connectivity index is 1.93. The number of rotatable bonds is 3. The molecule has 100 valence electrons. The maximum absolute atomic E-state index is 13.7. The molecular weight excluding hydrogens is 255 g/mol. The van der Waals surface area contributed by atoms with E-state index in [9.17, 15) is 4.39 Å². The summed E-state index contributed by atoms with van der Waals surface area (Å²) < 4.78 is 13.7. The summed E-state index contributed by atoms with van der Waals surface area (Å²) in [5.41, 5.74) is 7.40. The molecule has 0 aliphatic carbocycles. The molecule has 0 saturated carbocycles. The van der Waals surface area contributed by atoms with Gasteiger partial charge in [-0.3, -0.25) is 5.10 Å². The van der Waals surface area contributed by atoms with Crippen molar-refractivity contribution in [3.63, 3.8) is 0 Å². The smallest absolute Gasteiger partial charge is 0.184 e. The molecule has 2 aromatic carbocycles. The van der Waals surface area contributed by atoms with Gasteiger partial charge >= 0.3 is 0 Å². The van der Waals surface area contributed by atoms with E-state index in [-0.39, 0.29) is 5.82 Å². The number of aromatic amines is 1. The second-order valence-corrected chi connectivity index (χ2v) is 4.41. The third kappa shape index (κ3) is 2.31. The highest BCUT2D eigenvalue weighted by Crippen LogP contribution is 2.21. The fraction of sp³-hybridized carbons (Fsp3) is 0.0667. The van der Waals surface area contributed by atoms with Crippen LogP contribution in [0.15, 0.2) is 54.6 Å². The predicted molar refractivity (Wildman–Crippen MR) is 74.2 cm³/mol. The van der Waals surface area contributed by atoms with E-state index in [1.807, 2.05) is 30.3 Å². The Labute approximate surface area is 115 Å². The molecule has 0 radical (unpaired) electrons. The van der Waals surface area contributed by atoms with Crippen molar-refractivity contribution in [2.45, 2.75) is 6.04 Å². The molecule has 0 saturated heterocycles. The summed E-state index contributed by atoms with van der Waals surface area (Å²) in [6.07, 6.45) is 0. The highest BCUT2D eigenvalue weighted by molar-refractivity contribution is 5.55. The minimum atomic E-state index is -0.413. The SMILES string of the molecule is N[C@@H](c1ccccc1)c1nc(-c2ccccc2F)n[nH]1. The lowest BCUT2D eigenvalue weighted by atomic mass is 10.1. The molecule has 0 amide bonds. The van der Waals surface area contributed by atoms with Crippen molar-refractivity contribution in [3.8, 4) is 11.4 Å². The molecule has 0 unspecified atom stereocenters. The minimum absolute atomic E-state index is 0.310. The van der Waals surface area contributed by atoms with Crippen LogP contribution in [0.5, 0.6) is 0 Å². The molecule has 0 fully saturated rings. The maximum atomic E-state index is 13.7. The number of nitrogens with zero attached hydrogens (tertiary/aromatic N) is 2. The van der Waals surface area contributed by atoms with Gasteiger partial charge in [-0.1, -0.05) is 42.5 Å². The topological polar surface area (TPSA) is 67.6 Å². The molecule has 0 spiro atoms. The first-order chi connectivity index (χ1) is 9.75. The van der Waals surface area contributed by atoms with Crippen LogP contribution in [0, 0.1) is 5.82 Å². The number of H-pyrrole nitrogens is 1. The highest BCUT2D eigenvalue weighted by Gasteiger charge is 2.15. The number of hydrogen-bond acceptors (Lipinski definition) is 3. The molecule has 1 aromatic heterocycles. The minimum Gasteiger partial charge on any atom is -0.318 e. The molecule has 1 heterocycles. The molecule has 3 N–H and O–H groups in total. The van der Waals surface area contributed by atoms with Crippen LogP contribution in [-0.2, 0) is 0 Å². The number of aromatic nitrogens is 3. The molecule has 0 aliphatic heterocycles. The molecular formula is C15H13FN4. The number of nitrogens with one attached hydrogen (secondary N) is 1. The highest BCUT2D eigenvalue weighted by atomic mass is 19.1. The van der Waals surface area contributed by atoms with Gasteiger partial charge in [0.05, 0.1) is 11.6 Å². The van der Waals surface area contributed by atoms with Gasteiger partial charge in [-0.25, -0.2) is 9.37 Å². The number of halogens is 1. The predicted octanol–water partition coefficient (Wildman–Crippen LogP) is 2.66.